The number of nitrogens with one attached hydrogen (secondary N) is 1. The van der Waals surface area contributed by atoms with E-state index >= 15 is 0 Å². The van der Waals surface area contributed by atoms with Gasteiger partial charge in [0.25, 0.3) is 5.69 Å². The van der Waals surface area contributed by atoms with Crippen LogP contribution in [0.4, 0.5) is 17.3 Å². The van der Waals surface area contributed by atoms with Crippen LogP contribution in [0, 0.1) is 17.0 Å². The predicted octanol–water partition coefficient (Wildman–Crippen LogP) is 2.09. The third kappa shape index (κ3) is 3.29. The Morgan fingerprint density at radius 3 is 2.82 bits per heavy atom. The molecule has 0 aliphatic rings. The number of nitrogen functional groups attached to an aromatic ring is 1. The molecule has 9 heteroatoms. The van der Waals surface area contributed by atoms with Crippen molar-refractivity contribution >= 4 is 35.3 Å². The van der Waals surface area contributed by atoms with Crippen LogP contribution >= 0.6 is 11.6 Å². The van der Waals surface area contributed by atoms with Gasteiger partial charge in [-0.25, -0.2) is 4.98 Å². The molecule has 1 aromatic heterocycles. The lowest BCUT2D eigenvalue weighted by molar-refractivity contribution is -0.385. The van der Waals surface area contributed by atoms with Crippen molar-refractivity contribution in [3.05, 3.63) is 50.3 Å². The summed E-state index contributed by atoms with van der Waals surface area (Å²) >= 11 is 5.93. The van der Waals surface area contributed by atoms with Gasteiger partial charge in [-0.15, -0.1) is 0 Å². The summed E-state index contributed by atoms with van der Waals surface area (Å²) in [5.41, 5.74) is 7.36. The standard InChI is InChI=1S/C13H12ClN5O3/c1-7-2-3-8(5-10(7)19(21)22)4-9-11(16-6-20)12(14)18-13(15)17-9/h2-3,5-6H,4H2,1H3,(H,16,20)(H2,15,17,18). The van der Waals surface area contributed by atoms with E-state index in [0.29, 0.717) is 23.2 Å². The van der Waals surface area contributed by atoms with Gasteiger partial charge in [0, 0.05) is 18.1 Å². The van der Waals surface area contributed by atoms with E-state index in [-0.39, 0.29) is 28.9 Å². The van der Waals surface area contributed by atoms with Crippen LogP contribution in [0.3, 0.4) is 0 Å². The Bertz CT molecular complexity index is 751. The molecule has 8 nitrogen and oxygen atoms in total. The molecular weight excluding hydrogens is 310 g/mol. The Balaban J connectivity index is 2.44. The van der Waals surface area contributed by atoms with Crippen molar-refractivity contribution in [1.29, 1.82) is 0 Å². The highest BCUT2D eigenvalue weighted by atomic mass is 35.5. The molecule has 2 rings (SSSR count). The van der Waals surface area contributed by atoms with Gasteiger partial charge >= 0.3 is 0 Å². The molecule has 0 atom stereocenters. The second-order valence-electron chi connectivity index (χ2n) is 4.51. The van der Waals surface area contributed by atoms with Crippen LogP contribution in [0.1, 0.15) is 16.8 Å². The Morgan fingerprint density at radius 2 is 2.18 bits per heavy atom. The minimum atomic E-state index is -0.454. The number of aryl methyl sites for hydroxylation is 1. The van der Waals surface area contributed by atoms with Crippen LogP contribution in [0.15, 0.2) is 18.2 Å². The van der Waals surface area contributed by atoms with Gasteiger partial charge in [-0.05, 0) is 12.5 Å². The number of hydrogen-bond donors (Lipinski definition) is 2. The topological polar surface area (TPSA) is 124 Å². The van der Waals surface area contributed by atoms with Gasteiger partial charge in [0.2, 0.25) is 12.4 Å². The molecule has 0 fully saturated rings. The summed E-state index contributed by atoms with van der Waals surface area (Å²) in [6, 6.07) is 4.83. The highest BCUT2D eigenvalue weighted by Crippen LogP contribution is 2.27. The van der Waals surface area contributed by atoms with E-state index in [0.717, 1.165) is 0 Å². The zero-order valence-electron chi connectivity index (χ0n) is 11.5. The van der Waals surface area contributed by atoms with Crippen molar-refractivity contribution in [2.24, 2.45) is 0 Å². The lowest BCUT2D eigenvalue weighted by Gasteiger charge is -2.10. The Labute approximate surface area is 130 Å². The quantitative estimate of drug-likeness (QED) is 0.376. The first kappa shape index (κ1) is 15.6. The number of nitrogens with two attached hydrogens (primary N) is 1. The summed E-state index contributed by atoms with van der Waals surface area (Å²) in [7, 11) is 0. The summed E-state index contributed by atoms with van der Waals surface area (Å²) in [6.07, 6.45) is 0.658. The molecular formula is C13H12ClN5O3. The fourth-order valence-corrected chi connectivity index (χ4v) is 2.23. The Morgan fingerprint density at radius 1 is 1.45 bits per heavy atom. The maximum Gasteiger partial charge on any atom is 0.272 e. The van der Waals surface area contributed by atoms with Crippen LogP contribution < -0.4 is 11.1 Å². The summed E-state index contributed by atoms with van der Waals surface area (Å²) in [5.74, 6) is -0.0435. The normalized spacial score (nSPS) is 10.3. The van der Waals surface area contributed by atoms with Crippen LogP contribution in [-0.4, -0.2) is 21.3 Å². The fraction of sp³-hybridized carbons (Fsp3) is 0.154. The molecule has 0 saturated carbocycles. The van der Waals surface area contributed by atoms with Crippen LogP contribution in [0.25, 0.3) is 0 Å². The van der Waals surface area contributed by atoms with E-state index in [2.05, 4.69) is 15.3 Å². The number of nitrogens with zero attached hydrogens (tertiary/aromatic N) is 3. The van der Waals surface area contributed by atoms with E-state index in [9.17, 15) is 14.9 Å². The van der Waals surface area contributed by atoms with Crippen LogP contribution in [0.5, 0.6) is 0 Å². The number of amides is 1. The van der Waals surface area contributed by atoms with Crippen molar-refractivity contribution in [2.75, 3.05) is 11.1 Å². The first-order valence-corrected chi connectivity index (χ1v) is 6.56. The van der Waals surface area contributed by atoms with E-state index in [1.165, 1.54) is 6.07 Å². The maximum atomic E-state index is 11.0. The predicted molar refractivity (Wildman–Crippen MR) is 81.8 cm³/mol. The smallest absolute Gasteiger partial charge is 0.272 e. The SMILES string of the molecule is Cc1ccc(Cc2nc(N)nc(Cl)c2NC=O)cc1[N+](=O)[O-]. The second-order valence-corrected chi connectivity index (χ2v) is 4.87. The van der Waals surface area contributed by atoms with Crippen molar-refractivity contribution in [3.8, 4) is 0 Å². The molecule has 0 aliphatic carbocycles. The number of nitro groups is 1. The molecule has 22 heavy (non-hydrogen) atoms. The second kappa shape index (κ2) is 6.35. The number of hydrogen-bond acceptors (Lipinski definition) is 6. The van der Waals surface area contributed by atoms with Crippen molar-refractivity contribution in [3.63, 3.8) is 0 Å². The molecule has 0 unspecified atom stereocenters. The summed E-state index contributed by atoms with van der Waals surface area (Å²) in [6.45, 7) is 1.65. The monoisotopic (exact) mass is 321 g/mol. The Kier molecular flexibility index (Phi) is 4.52. The molecule has 1 aromatic carbocycles. The Hall–Kier alpha value is -2.74. The zero-order valence-corrected chi connectivity index (χ0v) is 12.3. The fourth-order valence-electron chi connectivity index (χ4n) is 1.98. The molecule has 0 saturated heterocycles. The highest BCUT2D eigenvalue weighted by Gasteiger charge is 2.15. The van der Waals surface area contributed by atoms with Gasteiger partial charge < -0.3 is 11.1 Å². The number of halogens is 1. The van der Waals surface area contributed by atoms with Crippen LogP contribution in [-0.2, 0) is 11.2 Å². The first-order chi connectivity index (χ1) is 10.4. The average molecular weight is 322 g/mol. The molecule has 114 valence electrons. The summed E-state index contributed by atoms with van der Waals surface area (Å²) in [5, 5.41) is 13.4. The lowest BCUT2D eigenvalue weighted by atomic mass is 10.1. The minimum Gasteiger partial charge on any atom is -0.368 e. The molecule has 0 spiro atoms. The molecule has 0 aliphatic heterocycles. The van der Waals surface area contributed by atoms with E-state index in [1.807, 2.05) is 0 Å². The number of anilines is 2. The largest absolute Gasteiger partial charge is 0.368 e. The number of nitro benzene ring substituents is 1. The number of benzene rings is 1. The van der Waals surface area contributed by atoms with E-state index in [4.69, 9.17) is 17.3 Å². The minimum absolute atomic E-state index is 0.00974. The van der Waals surface area contributed by atoms with Gasteiger partial charge in [-0.3, -0.25) is 14.9 Å². The number of carbonyl (C=O) groups is 1. The van der Waals surface area contributed by atoms with Crippen LogP contribution in [0.2, 0.25) is 5.15 Å². The van der Waals surface area contributed by atoms with E-state index < -0.39 is 4.92 Å². The van der Waals surface area contributed by atoms with Crippen molar-refractivity contribution in [2.45, 2.75) is 13.3 Å². The third-order valence-electron chi connectivity index (χ3n) is 3.00. The van der Waals surface area contributed by atoms with Crippen molar-refractivity contribution in [1.82, 2.24) is 9.97 Å². The number of aromatic nitrogens is 2. The summed E-state index contributed by atoms with van der Waals surface area (Å²) < 4.78 is 0. The molecule has 1 amide bonds. The third-order valence-corrected chi connectivity index (χ3v) is 3.28. The first-order valence-electron chi connectivity index (χ1n) is 6.18. The molecule has 3 N–H and O–H groups in total. The molecule has 2 aromatic rings. The van der Waals surface area contributed by atoms with Gasteiger partial charge in [0.1, 0.15) is 5.69 Å². The highest BCUT2D eigenvalue weighted by molar-refractivity contribution is 6.32. The maximum absolute atomic E-state index is 11.0. The van der Waals surface area contributed by atoms with Gasteiger partial charge in [0.05, 0.1) is 10.6 Å². The van der Waals surface area contributed by atoms with Gasteiger partial charge in [-0.1, -0.05) is 23.7 Å². The molecule has 0 radical (unpaired) electrons. The average Bonchev–Trinajstić information content (AvgIpc) is 2.44. The number of rotatable bonds is 5. The zero-order chi connectivity index (χ0) is 16.3. The van der Waals surface area contributed by atoms with Gasteiger partial charge in [-0.2, -0.15) is 4.98 Å². The van der Waals surface area contributed by atoms with Crippen molar-refractivity contribution < 1.29 is 9.72 Å². The molecule has 0 bridgehead atoms. The summed E-state index contributed by atoms with van der Waals surface area (Å²) in [4.78, 5) is 29.0. The molecule has 1 heterocycles. The van der Waals surface area contributed by atoms with E-state index in [1.54, 1.807) is 19.1 Å². The van der Waals surface area contributed by atoms with Gasteiger partial charge in [0.15, 0.2) is 5.15 Å². The lowest BCUT2D eigenvalue weighted by Crippen LogP contribution is -2.08. The number of carbonyl (C=O) groups excluding carboxylic acids is 1.